The van der Waals surface area contributed by atoms with Crippen molar-refractivity contribution in [2.24, 2.45) is 0 Å². The molecule has 2 amide bonds. The SMILES string of the molecule is CC1C(=O)N(Cc2c(Cl)cccc2Cl)c2ccccc2N1C(=O)c1ccccc1. The average Bonchev–Trinajstić information content (AvgIpc) is 2.74. The maximum absolute atomic E-state index is 13.3. The molecule has 1 unspecified atom stereocenters. The molecule has 0 saturated heterocycles. The molecule has 0 radical (unpaired) electrons. The topological polar surface area (TPSA) is 40.6 Å². The van der Waals surface area contributed by atoms with E-state index in [1.54, 1.807) is 59.2 Å². The molecule has 0 bridgehead atoms. The van der Waals surface area contributed by atoms with Crippen LogP contribution in [0.15, 0.2) is 72.8 Å². The third kappa shape index (κ3) is 3.50. The fourth-order valence-electron chi connectivity index (χ4n) is 3.57. The summed E-state index contributed by atoms with van der Waals surface area (Å²) in [5, 5.41) is 0.997. The van der Waals surface area contributed by atoms with Gasteiger partial charge < -0.3 is 4.90 Å². The zero-order chi connectivity index (χ0) is 20.5. The second-order valence-electron chi connectivity index (χ2n) is 6.83. The predicted molar refractivity (Wildman–Crippen MR) is 117 cm³/mol. The molecule has 1 aliphatic rings. The van der Waals surface area contributed by atoms with Crippen LogP contribution in [0.1, 0.15) is 22.8 Å². The number of anilines is 2. The van der Waals surface area contributed by atoms with Gasteiger partial charge in [-0.2, -0.15) is 0 Å². The Bertz CT molecular complexity index is 1060. The molecule has 4 rings (SSSR count). The number of hydrogen-bond acceptors (Lipinski definition) is 2. The van der Waals surface area contributed by atoms with Gasteiger partial charge >= 0.3 is 0 Å². The van der Waals surface area contributed by atoms with Gasteiger partial charge in [0.05, 0.1) is 17.9 Å². The van der Waals surface area contributed by atoms with Crippen molar-refractivity contribution in [3.63, 3.8) is 0 Å². The Morgan fingerprint density at radius 3 is 2.10 bits per heavy atom. The lowest BCUT2D eigenvalue weighted by Crippen LogP contribution is -2.54. The largest absolute Gasteiger partial charge is 0.304 e. The van der Waals surface area contributed by atoms with E-state index >= 15 is 0 Å². The molecule has 0 aliphatic carbocycles. The van der Waals surface area contributed by atoms with Gasteiger partial charge in [-0.3, -0.25) is 14.5 Å². The van der Waals surface area contributed by atoms with E-state index in [-0.39, 0.29) is 18.4 Å². The quantitative estimate of drug-likeness (QED) is 0.550. The molecule has 3 aromatic rings. The molecule has 146 valence electrons. The van der Waals surface area contributed by atoms with Gasteiger partial charge in [-0.15, -0.1) is 0 Å². The number of para-hydroxylation sites is 2. The van der Waals surface area contributed by atoms with Gasteiger partial charge in [0.25, 0.3) is 5.91 Å². The molecule has 1 atom stereocenters. The molecule has 0 fully saturated rings. The van der Waals surface area contributed by atoms with Crippen molar-refractivity contribution in [3.8, 4) is 0 Å². The highest BCUT2D eigenvalue weighted by molar-refractivity contribution is 6.36. The van der Waals surface area contributed by atoms with E-state index in [0.29, 0.717) is 32.5 Å². The number of nitrogens with zero attached hydrogens (tertiary/aromatic N) is 2. The number of carbonyl (C=O) groups excluding carboxylic acids is 2. The van der Waals surface area contributed by atoms with Gasteiger partial charge in [0.15, 0.2) is 0 Å². The molecule has 0 spiro atoms. The predicted octanol–water partition coefficient (Wildman–Crippen LogP) is 5.58. The summed E-state index contributed by atoms with van der Waals surface area (Å²) in [6, 6.07) is 20.9. The summed E-state index contributed by atoms with van der Waals surface area (Å²) in [4.78, 5) is 29.7. The number of amides is 2. The van der Waals surface area contributed by atoms with Gasteiger partial charge in [0.2, 0.25) is 5.91 Å². The van der Waals surface area contributed by atoms with Crippen LogP contribution in [0.25, 0.3) is 0 Å². The van der Waals surface area contributed by atoms with E-state index < -0.39 is 6.04 Å². The van der Waals surface area contributed by atoms with E-state index in [1.807, 2.05) is 30.3 Å². The smallest absolute Gasteiger partial charge is 0.259 e. The Morgan fingerprint density at radius 1 is 0.862 bits per heavy atom. The molecule has 29 heavy (non-hydrogen) atoms. The van der Waals surface area contributed by atoms with Gasteiger partial charge in [-0.05, 0) is 43.3 Å². The second-order valence-corrected chi connectivity index (χ2v) is 7.64. The molecule has 0 aromatic heterocycles. The van der Waals surface area contributed by atoms with Crippen molar-refractivity contribution in [2.45, 2.75) is 19.5 Å². The summed E-state index contributed by atoms with van der Waals surface area (Å²) in [6.07, 6.45) is 0. The van der Waals surface area contributed by atoms with Crippen LogP contribution in [-0.4, -0.2) is 17.9 Å². The molecule has 3 aromatic carbocycles. The highest BCUT2D eigenvalue weighted by atomic mass is 35.5. The second kappa shape index (κ2) is 7.90. The van der Waals surface area contributed by atoms with Crippen LogP contribution in [0.2, 0.25) is 10.0 Å². The Labute approximate surface area is 179 Å². The van der Waals surface area contributed by atoms with Crippen LogP contribution in [0.5, 0.6) is 0 Å². The van der Waals surface area contributed by atoms with E-state index in [4.69, 9.17) is 23.2 Å². The maximum atomic E-state index is 13.3. The Hall–Kier alpha value is -2.82. The number of halogens is 2. The average molecular weight is 425 g/mol. The molecule has 6 heteroatoms. The third-order valence-electron chi connectivity index (χ3n) is 5.06. The van der Waals surface area contributed by atoms with E-state index in [1.165, 1.54) is 0 Å². The number of rotatable bonds is 3. The highest BCUT2D eigenvalue weighted by Crippen LogP contribution is 2.39. The lowest BCUT2D eigenvalue weighted by molar-refractivity contribution is -0.119. The van der Waals surface area contributed by atoms with Crippen molar-refractivity contribution in [2.75, 3.05) is 9.80 Å². The normalized spacial score (nSPS) is 16.0. The first-order chi connectivity index (χ1) is 14.0. The standard InChI is InChI=1S/C23H18Cl2N2O2/c1-15-22(28)26(14-17-18(24)10-7-11-19(17)25)20-12-5-6-13-21(20)27(15)23(29)16-8-3-2-4-9-16/h2-13,15H,14H2,1H3. The van der Waals surface area contributed by atoms with Gasteiger partial charge in [0.1, 0.15) is 6.04 Å². The third-order valence-corrected chi connectivity index (χ3v) is 5.77. The van der Waals surface area contributed by atoms with Crippen LogP contribution in [0, 0.1) is 0 Å². The summed E-state index contributed by atoms with van der Waals surface area (Å²) >= 11 is 12.7. The van der Waals surface area contributed by atoms with Gasteiger partial charge in [-0.1, -0.05) is 59.6 Å². The molecule has 4 nitrogen and oxygen atoms in total. The minimum absolute atomic E-state index is 0.191. The summed E-state index contributed by atoms with van der Waals surface area (Å²) in [6.45, 7) is 1.96. The molecule has 1 aliphatic heterocycles. The van der Waals surface area contributed by atoms with E-state index in [2.05, 4.69) is 0 Å². The Kier molecular flexibility index (Phi) is 5.31. The van der Waals surface area contributed by atoms with Crippen molar-refractivity contribution < 1.29 is 9.59 Å². The summed E-state index contributed by atoms with van der Waals surface area (Å²) in [5.41, 5.74) is 2.53. The molecule has 0 saturated carbocycles. The number of carbonyl (C=O) groups is 2. The van der Waals surface area contributed by atoms with Crippen molar-refractivity contribution in [3.05, 3.63) is 94.0 Å². The van der Waals surface area contributed by atoms with Crippen LogP contribution >= 0.6 is 23.2 Å². The molecular formula is C23H18Cl2N2O2. The number of benzene rings is 3. The van der Waals surface area contributed by atoms with Gasteiger partial charge in [-0.25, -0.2) is 0 Å². The van der Waals surface area contributed by atoms with Crippen molar-refractivity contribution in [1.82, 2.24) is 0 Å². The van der Waals surface area contributed by atoms with Crippen molar-refractivity contribution >= 4 is 46.4 Å². The van der Waals surface area contributed by atoms with Crippen LogP contribution in [-0.2, 0) is 11.3 Å². The maximum Gasteiger partial charge on any atom is 0.259 e. The molecule has 0 N–H and O–H groups in total. The fraction of sp³-hybridized carbons (Fsp3) is 0.130. The van der Waals surface area contributed by atoms with Crippen LogP contribution < -0.4 is 9.80 Å². The van der Waals surface area contributed by atoms with Gasteiger partial charge in [0, 0.05) is 21.2 Å². The Balaban J connectivity index is 1.78. The summed E-state index contributed by atoms with van der Waals surface area (Å²) in [5.74, 6) is -0.404. The van der Waals surface area contributed by atoms with Crippen LogP contribution in [0.4, 0.5) is 11.4 Å². The monoisotopic (exact) mass is 424 g/mol. The zero-order valence-corrected chi connectivity index (χ0v) is 17.2. The molecular weight excluding hydrogens is 407 g/mol. The Morgan fingerprint density at radius 2 is 1.45 bits per heavy atom. The fourth-order valence-corrected chi connectivity index (χ4v) is 4.09. The van der Waals surface area contributed by atoms with Crippen molar-refractivity contribution in [1.29, 1.82) is 0 Å². The van der Waals surface area contributed by atoms with E-state index in [9.17, 15) is 9.59 Å². The number of fused-ring (bicyclic) bond motifs is 1. The molecule has 1 heterocycles. The summed E-state index contributed by atoms with van der Waals surface area (Å²) < 4.78 is 0. The van der Waals surface area contributed by atoms with E-state index in [0.717, 1.165) is 0 Å². The number of hydrogen-bond donors (Lipinski definition) is 0. The summed E-state index contributed by atoms with van der Waals surface area (Å²) in [7, 11) is 0. The van der Waals surface area contributed by atoms with Crippen LogP contribution in [0.3, 0.4) is 0 Å². The zero-order valence-electron chi connectivity index (χ0n) is 15.7. The minimum atomic E-state index is -0.668. The lowest BCUT2D eigenvalue weighted by atomic mass is 10.0. The minimum Gasteiger partial charge on any atom is -0.304 e. The first-order valence-corrected chi connectivity index (χ1v) is 9.96. The first-order valence-electron chi connectivity index (χ1n) is 9.21. The first kappa shape index (κ1) is 19.5. The lowest BCUT2D eigenvalue weighted by Gasteiger charge is -2.40. The highest BCUT2D eigenvalue weighted by Gasteiger charge is 2.39.